The van der Waals surface area contributed by atoms with Crippen molar-refractivity contribution in [2.24, 2.45) is 0 Å². The molecule has 1 atom stereocenters. The number of nitrogens with one attached hydrogen (secondary N) is 1. The molecule has 3 rings (SSSR count). The fraction of sp³-hybridized carbons (Fsp3) is 0.500. The van der Waals surface area contributed by atoms with E-state index in [1.54, 1.807) is 11.3 Å². The fourth-order valence-corrected chi connectivity index (χ4v) is 3.32. The average molecular weight is 261 g/mol. The van der Waals surface area contributed by atoms with Crippen LogP contribution in [0.2, 0.25) is 0 Å². The molecule has 1 unspecified atom stereocenters. The van der Waals surface area contributed by atoms with E-state index in [-0.39, 0.29) is 0 Å². The normalized spacial score (nSPS) is 21.6. The molecule has 0 saturated carbocycles. The summed E-state index contributed by atoms with van der Waals surface area (Å²) in [6.45, 7) is 3.39. The van der Waals surface area contributed by atoms with E-state index in [1.165, 1.54) is 31.4 Å². The van der Waals surface area contributed by atoms with Crippen molar-refractivity contribution in [2.75, 3.05) is 6.54 Å². The molecule has 1 N–H and O–H groups in total. The molecule has 4 heteroatoms. The van der Waals surface area contributed by atoms with E-state index in [0.29, 0.717) is 6.04 Å². The largest absolute Gasteiger partial charge is 0.314 e. The third-order valence-corrected chi connectivity index (χ3v) is 4.26. The summed E-state index contributed by atoms with van der Waals surface area (Å²) in [5, 5.41) is 5.66. The molecular formula is C14H19N3S. The van der Waals surface area contributed by atoms with Crippen LogP contribution < -0.4 is 5.32 Å². The van der Waals surface area contributed by atoms with Crippen LogP contribution in [0.3, 0.4) is 0 Å². The van der Waals surface area contributed by atoms with Crippen LogP contribution in [0.1, 0.15) is 38.3 Å². The Labute approximate surface area is 112 Å². The summed E-state index contributed by atoms with van der Waals surface area (Å²) in [5.41, 5.74) is 2.50. The van der Waals surface area contributed by atoms with Gasteiger partial charge in [-0.25, -0.2) is 4.98 Å². The molecule has 3 heterocycles. The summed E-state index contributed by atoms with van der Waals surface area (Å²) in [4.78, 5) is 5.66. The minimum Gasteiger partial charge on any atom is -0.314 e. The zero-order valence-electron chi connectivity index (χ0n) is 10.7. The Morgan fingerprint density at radius 3 is 3.33 bits per heavy atom. The Hall–Kier alpha value is -1.13. The molecule has 1 aliphatic heterocycles. The number of nitrogens with zero attached hydrogens (tertiary/aromatic N) is 2. The lowest BCUT2D eigenvalue weighted by atomic mass is 9.98. The minimum atomic E-state index is 0.665. The predicted molar refractivity (Wildman–Crippen MR) is 77.0 cm³/mol. The van der Waals surface area contributed by atoms with E-state index in [1.807, 2.05) is 0 Å². The van der Waals surface area contributed by atoms with Gasteiger partial charge in [-0.15, -0.1) is 11.3 Å². The molecule has 0 aromatic carbocycles. The molecule has 0 bridgehead atoms. The number of hydrogen-bond donors (Lipinski definition) is 1. The fourth-order valence-electron chi connectivity index (χ4n) is 2.61. The van der Waals surface area contributed by atoms with Gasteiger partial charge in [-0.1, -0.05) is 12.0 Å². The highest BCUT2D eigenvalue weighted by Crippen LogP contribution is 2.18. The number of piperidine rings is 1. The lowest BCUT2D eigenvalue weighted by molar-refractivity contribution is 0.399. The quantitative estimate of drug-likeness (QED) is 0.918. The second-order valence-electron chi connectivity index (χ2n) is 5.10. The highest BCUT2D eigenvalue weighted by molar-refractivity contribution is 7.15. The third kappa shape index (κ3) is 2.65. The first-order chi connectivity index (χ1) is 8.81. The van der Waals surface area contributed by atoms with E-state index in [0.717, 1.165) is 17.1 Å². The molecular weight excluding hydrogens is 242 g/mol. The van der Waals surface area contributed by atoms with Gasteiger partial charge in [0.2, 0.25) is 0 Å². The van der Waals surface area contributed by atoms with Gasteiger partial charge in [-0.3, -0.25) is 4.40 Å². The zero-order valence-corrected chi connectivity index (χ0v) is 11.5. The van der Waals surface area contributed by atoms with E-state index >= 15 is 0 Å². The molecule has 0 radical (unpaired) electrons. The second kappa shape index (κ2) is 5.24. The van der Waals surface area contributed by atoms with Gasteiger partial charge in [0.05, 0.1) is 5.69 Å². The first-order valence-electron chi connectivity index (χ1n) is 6.64. The molecule has 18 heavy (non-hydrogen) atoms. The minimum absolute atomic E-state index is 0.665. The number of hydrogen-bond acceptors (Lipinski definition) is 3. The van der Waals surface area contributed by atoms with Gasteiger partial charge in [-0.2, -0.15) is 0 Å². The third-order valence-electron chi connectivity index (χ3n) is 3.49. The monoisotopic (exact) mass is 261 g/mol. The van der Waals surface area contributed by atoms with Gasteiger partial charge >= 0.3 is 0 Å². The van der Waals surface area contributed by atoms with Gasteiger partial charge in [0.25, 0.3) is 0 Å². The number of thiazole rings is 1. The van der Waals surface area contributed by atoms with Crippen LogP contribution in [-0.4, -0.2) is 22.0 Å². The SMILES string of the molecule is C/C(=C/c1cn2ccsc2n1)CC1CCCCN1. The Morgan fingerprint density at radius 1 is 1.61 bits per heavy atom. The number of imidazole rings is 1. The van der Waals surface area contributed by atoms with Crippen LogP contribution in [0.4, 0.5) is 0 Å². The molecule has 0 aliphatic carbocycles. The van der Waals surface area contributed by atoms with Crippen LogP contribution in [0.5, 0.6) is 0 Å². The molecule has 96 valence electrons. The van der Waals surface area contributed by atoms with Gasteiger partial charge < -0.3 is 5.32 Å². The van der Waals surface area contributed by atoms with E-state index < -0.39 is 0 Å². The molecule has 2 aromatic rings. The van der Waals surface area contributed by atoms with E-state index in [4.69, 9.17) is 0 Å². The number of fused-ring (bicyclic) bond motifs is 1. The van der Waals surface area contributed by atoms with Gasteiger partial charge in [-0.05, 0) is 38.8 Å². The molecule has 2 aromatic heterocycles. The van der Waals surface area contributed by atoms with Crippen molar-refractivity contribution in [1.29, 1.82) is 0 Å². The van der Waals surface area contributed by atoms with Crippen molar-refractivity contribution in [3.63, 3.8) is 0 Å². The van der Waals surface area contributed by atoms with Crippen LogP contribution in [0.25, 0.3) is 11.0 Å². The number of aromatic nitrogens is 2. The van der Waals surface area contributed by atoms with E-state index in [9.17, 15) is 0 Å². The smallest absolute Gasteiger partial charge is 0.194 e. The van der Waals surface area contributed by atoms with E-state index in [2.05, 4.69) is 45.5 Å². The van der Waals surface area contributed by atoms with Crippen LogP contribution >= 0.6 is 11.3 Å². The van der Waals surface area contributed by atoms with Crippen molar-refractivity contribution in [2.45, 2.75) is 38.6 Å². The molecule has 0 spiro atoms. The standard InChI is InChI=1S/C14H19N3S/c1-11(8-12-4-2-3-5-15-12)9-13-10-17-6-7-18-14(17)16-13/h6-7,9-10,12,15H,2-5,8H2,1H3/b11-9-. The number of rotatable bonds is 3. The van der Waals surface area contributed by atoms with Crippen LogP contribution in [0, 0.1) is 0 Å². The maximum Gasteiger partial charge on any atom is 0.194 e. The highest BCUT2D eigenvalue weighted by Gasteiger charge is 2.12. The summed E-state index contributed by atoms with van der Waals surface area (Å²) in [6, 6.07) is 0.665. The first kappa shape index (κ1) is 11.9. The summed E-state index contributed by atoms with van der Waals surface area (Å²) < 4.78 is 2.09. The topological polar surface area (TPSA) is 29.3 Å². The summed E-state index contributed by atoms with van der Waals surface area (Å²) in [5.74, 6) is 0. The lowest BCUT2D eigenvalue weighted by Crippen LogP contribution is -2.33. The summed E-state index contributed by atoms with van der Waals surface area (Å²) in [7, 11) is 0. The van der Waals surface area contributed by atoms with Crippen molar-refractivity contribution in [3.05, 3.63) is 29.0 Å². The van der Waals surface area contributed by atoms with Crippen molar-refractivity contribution in [3.8, 4) is 0 Å². The lowest BCUT2D eigenvalue weighted by Gasteiger charge is -2.23. The van der Waals surface area contributed by atoms with Crippen LogP contribution in [0.15, 0.2) is 23.3 Å². The Balaban J connectivity index is 1.68. The maximum absolute atomic E-state index is 4.59. The Kier molecular flexibility index (Phi) is 3.48. The van der Waals surface area contributed by atoms with Crippen LogP contribution in [-0.2, 0) is 0 Å². The van der Waals surface area contributed by atoms with Crippen molar-refractivity contribution >= 4 is 22.4 Å². The van der Waals surface area contributed by atoms with Gasteiger partial charge in [0, 0.05) is 23.8 Å². The predicted octanol–water partition coefficient (Wildman–Crippen LogP) is 3.33. The molecule has 1 fully saturated rings. The average Bonchev–Trinajstić information content (AvgIpc) is 2.90. The van der Waals surface area contributed by atoms with Crippen molar-refractivity contribution < 1.29 is 0 Å². The van der Waals surface area contributed by atoms with Crippen molar-refractivity contribution in [1.82, 2.24) is 14.7 Å². The molecule has 1 aliphatic rings. The zero-order chi connectivity index (χ0) is 12.4. The summed E-state index contributed by atoms with van der Waals surface area (Å²) in [6.07, 6.45) is 11.5. The highest BCUT2D eigenvalue weighted by atomic mass is 32.1. The van der Waals surface area contributed by atoms with Gasteiger partial charge in [0.1, 0.15) is 0 Å². The molecule has 3 nitrogen and oxygen atoms in total. The molecule has 1 saturated heterocycles. The Morgan fingerprint density at radius 2 is 2.56 bits per heavy atom. The second-order valence-corrected chi connectivity index (χ2v) is 5.97. The molecule has 0 amide bonds. The first-order valence-corrected chi connectivity index (χ1v) is 7.52. The van der Waals surface area contributed by atoms with Gasteiger partial charge in [0.15, 0.2) is 4.96 Å². The Bertz CT molecular complexity index is 518. The summed E-state index contributed by atoms with van der Waals surface area (Å²) >= 11 is 1.68. The maximum atomic E-state index is 4.59.